The molecule has 0 spiro atoms. The van der Waals surface area contributed by atoms with Crippen molar-refractivity contribution in [3.63, 3.8) is 0 Å². The maximum absolute atomic E-state index is 5.64. The zero-order valence-corrected chi connectivity index (χ0v) is 8.85. The van der Waals surface area contributed by atoms with Crippen LogP contribution < -0.4 is 5.32 Å². The molecule has 4 nitrogen and oxygen atoms in total. The van der Waals surface area contributed by atoms with Gasteiger partial charge in [-0.1, -0.05) is 0 Å². The van der Waals surface area contributed by atoms with Gasteiger partial charge in [0.2, 0.25) is 0 Å². The quantitative estimate of drug-likeness (QED) is 0.818. The van der Waals surface area contributed by atoms with E-state index in [1.165, 1.54) is 19.3 Å². The minimum absolute atomic E-state index is 0.433. The molecule has 1 saturated heterocycles. The molecular weight excluding hydrogens is 190 g/mol. The van der Waals surface area contributed by atoms with Crippen LogP contribution in [0.15, 0.2) is 18.6 Å². The van der Waals surface area contributed by atoms with E-state index in [0.717, 1.165) is 25.4 Å². The number of hydrogen-bond donors (Lipinski definition) is 1. The van der Waals surface area contributed by atoms with Gasteiger partial charge in [0.25, 0.3) is 0 Å². The fourth-order valence-corrected chi connectivity index (χ4v) is 1.79. The third-order valence-electron chi connectivity index (χ3n) is 2.61. The Bertz CT molecular complexity index is 272. The van der Waals surface area contributed by atoms with E-state index in [0.29, 0.717) is 6.10 Å². The Morgan fingerprint density at radius 1 is 1.40 bits per heavy atom. The van der Waals surface area contributed by atoms with Crippen LogP contribution in [0.2, 0.25) is 0 Å². The molecule has 15 heavy (non-hydrogen) atoms. The van der Waals surface area contributed by atoms with Gasteiger partial charge in [-0.2, -0.15) is 0 Å². The zero-order valence-electron chi connectivity index (χ0n) is 8.85. The van der Waals surface area contributed by atoms with Crippen molar-refractivity contribution in [2.45, 2.75) is 31.8 Å². The summed E-state index contributed by atoms with van der Waals surface area (Å²) < 4.78 is 5.64. The smallest absolute Gasteiger partial charge is 0.144 e. The Balaban J connectivity index is 1.66. The third kappa shape index (κ3) is 3.47. The Morgan fingerprint density at radius 3 is 3.13 bits per heavy atom. The van der Waals surface area contributed by atoms with Gasteiger partial charge in [0, 0.05) is 25.5 Å². The molecule has 0 saturated carbocycles. The molecule has 0 aromatic carbocycles. The summed E-state index contributed by atoms with van der Waals surface area (Å²) in [5.41, 5.74) is 0. The first-order valence-corrected chi connectivity index (χ1v) is 5.56. The summed E-state index contributed by atoms with van der Waals surface area (Å²) in [4.78, 5) is 8.14. The van der Waals surface area contributed by atoms with Gasteiger partial charge < -0.3 is 10.1 Å². The Labute approximate surface area is 90.1 Å². The fraction of sp³-hybridized carbons (Fsp3) is 0.636. The van der Waals surface area contributed by atoms with Crippen molar-refractivity contribution in [2.75, 3.05) is 18.5 Å². The van der Waals surface area contributed by atoms with Gasteiger partial charge in [-0.15, -0.1) is 0 Å². The number of anilines is 1. The summed E-state index contributed by atoms with van der Waals surface area (Å²) in [5.74, 6) is 0.841. The monoisotopic (exact) mass is 207 g/mol. The molecule has 4 heteroatoms. The highest BCUT2D eigenvalue weighted by Crippen LogP contribution is 2.15. The lowest BCUT2D eigenvalue weighted by atomic mass is 10.1. The summed E-state index contributed by atoms with van der Waals surface area (Å²) in [5, 5.41) is 3.24. The predicted molar refractivity (Wildman–Crippen MR) is 58.7 cm³/mol. The number of nitrogens with one attached hydrogen (secondary N) is 1. The molecule has 2 heterocycles. The topological polar surface area (TPSA) is 47.0 Å². The minimum Gasteiger partial charge on any atom is -0.378 e. The first kappa shape index (κ1) is 10.4. The first-order chi connectivity index (χ1) is 7.45. The van der Waals surface area contributed by atoms with E-state index in [4.69, 9.17) is 4.74 Å². The van der Waals surface area contributed by atoms with Crippen LogP contribution in [-0.2, 0) is 4.74 Å². The van der Waals surface area contributed by atoms with Crippen LogP contribution in [0.4, 0.5) is 5.82 Å². The standard InChI is InChI=1S/C11H17N3O/c1-2-8-15-10(3-1)4-5-13-11-9-12-6-7-14-11/h6-7,9-10H,1-5,8H2,(H,13,14). The number of nitrogens with zero attached hydrogens (tertiary/aromatic N) is 2. The van der Waals surface area contributed by atoms with Crippen LogP contribution in [0.5, 0.6) is 0 Å². The highest BCUT2D eigenvalue weighted by atomic mass is 16.5. The molecule has 1 atom stereocenters. The van der Waals surface area contributed by atoms with Crippen molar-refractivity contribution in [1.29, 1.82) is 0 Å². The van der Waals surface area contributed by atoms with Gasteiger partial charge in [-0.25, -0.2) is 4.98 Å². The maximum Gasteiger partial charge on any atom is 0.144 e. The third-order valence-corrected chi connectivity index (χ3v) is 2.61. The molecule has 0 radical (unpaired) electrons. The molecule has 2 rings (SSSR count). The van der Waals surface area contributed by atoms with E-state index < -0.39 is 0 Å². The minimum atomic E-state index is 0.433. The van der Waals surface area contributed by atoms with Crippen molar-refractivity contribution in [3.05, 3.63) is 18.6 Å². The van der Waals surface area contributed by atoms with Crippen LogP contribution in [0, 0.1) is 0 Å². The van der Waals surface area contributed by atoms with Crippen molar-refractivity contribution in [1.82, 2.24) is 9.97 Å². The Hall–Kier alpha value is -1.16. The molecule has 0 bridgehead atoms. The molecule has 0 aliphatic carbocycles. The van der Waals surface area contributed by atoms with Gasteiger partial charge in [-0.3, -0.25) is 4.98 Å². The molecule has 1 aliphatic heterocycles. The lowest BCUT2D eigenvalue weighted by Gasteiger charge is -2.22. The normalized spacial score (nSPS) is 21.2. The van der Waals surface area contributed by atoms with Crippen LogP contribution >= 0.6 is 0 Å². The van der Waals surface area contributed by atoms with E-state index in [9.17, 15) is 0 Å². The molecule has 0 amide bonds. The molecular formula is C11H17N3O. The van der Waals surface area contributed by atoms with E-state index in [1.54, 1.807) is 18.6 Å². The van der Waals surface area contributed by atoms with Gasteiger partial charge in [-0.05, 0) is 25.7 Å². The molecule has 1 aromatic heterocycles. The second-order valence-electron chi connectivity index (χ2n) is 3.79. The van der Waals surface area contributed by atoms with Crippen LogP contribution in [0.3, 0.4) is 0 Å². The van der Waals surface area contributed by atoms with E-state index >= 15 is 0 Å². The van der Waals surface area contributed by atoms with Gasteiger partial charge >= 0.3 is 0 Å². The second kappa shape index (κ2) is 5.66. The van der Waals surface area contributed by atoms with Crippen molar-refractivity contribution < 1.29 is 4.74 Å². The largest absolute Gasteiger partial charge is 0.378 e. The summed E-state index contributed by atoms with van der Waals surface area (Å²) in [6.45, 7) is 1.83. The van der Waals surface area contributed by atoms with E-state index in [1.807, 2.05) is 0 Å². The SMILES string of the molecule is c1cnc(NCCC2CCCCO2)cn1. The molecule has 1 aliphatic rings. The Kier molecular flexibility index (Phi) is 3.91. The van der Waals surface area contributed by atoms with E-state index in [-0.39, 0.29) is 0 Å². The van der Waals surface area contributed by atoms with Gasteiger partial charge in [0.15, 0.2) is 0 Å². The zero-order chi connectivity index (χ0) is 10.3. The lowest BCUT2D eigenvalue weighted by molar-refractivity contribution is 0.0134. The molecule has 1 aromatic rings. The van der Waals surface area contributed by atoms with Gasteiger partial charge in [0.05, 0.1) is 12.3 Å². The maximum atomic E-state index is 5.64. The first-order valence-electron chi connectivity index (χ1n) is 5.56. The second-order valence-corrected chi connectivity index (χ2v) is 3.79. The fourth-order valence-electron chi connectivity index (χ4n) is 1.79. The highest BCUT2D eigenvalue weighted by molar-refractivity contribution is 5.29. The van der Waals surface area contributed by atoms with Crippen molar-refractivity contribution >= 4 is 5.82 Å². The number of ether oxygens (including phenoxy) is 1. The van der Waals surface area contributed by atoms with E-state index in [2.05, 4.69) is 15.3 Å². The van der Waals surface area contributed by atoms with Crippen LogP contribution in [-0.4, -0.2) is 29.2 Å². The summed E-state index contributed by atoms with van der Waals surface area (Å²) in [7, 11) is 0. The van der Waals surface area contributed by atoms with Crippen LogP contribution in [0.1, 0.15) is 25.7 Å². The summed E-state index contributed by atoms with van der Waals surface area (Å²) in [6.07, 6.45) is 10.3. The highest BCUT2D eigenvalue weighted by Gasteiger charge is 2.12. The average molecular weight is 207 g/mol. The van der Waals surface area contributed by atoms with Crippen molar-refractivity contribution in [3.8, 4) is 0 Å². The summed E-state index contributed by atoms with van der Waals surface area (Å²) in [6, 6.07) is 0. The number of aromatic nitrogens is 2. The van der Waals surface area contributed by atoms with Crippen LogP contribution in [0.25, 0.3) is 0 Å². The Morgan fingerprint density at radius 2 is 2.40 bits per heavy atom. The van der Waals surface area contributed by atoms with Crippen molar-refractivity contribution in [2.24, 2.45) is 0 Å². The average Bonchev–Trinajstić information content (AvgIpc) is 2.32. The number of rotatable bonds is 4. The molecule has 1 fully saturated rings. The molecule has 1 N–H and O–H groups in total. The van der Waals surface area contributed by atoms with Gasteiger partial charge in [0.1, 0.15) is 5.82 Å². The molecule has 82 valence electrons. The molecule has 1 unspecified atom stereocenters. The predicted octanol–water partition coefficient (Wildman–Crippen LogP) is 1.85. The summed E-state index contributed by atoms with van der Waals surface area (Å²) >= 11 is 0. The number of hydrogen-bond acceptors (Lipinski definition) is 4. The lowest BCUT2D eigenvalue weighted by Crippen LogP contribution is -2.22.